The third kappa shape index (κ3) is 3.91. The van der Waals surface area contributed by atoms with Crippen molar-refractivity contribution in [1.82, 2.24) is 10.2 Å². The van der Waals surface area contributed by atoms with E-state index in [9.17, 15) is 18.3 Å². The molecule has 0 saturated heterocycles. The van der Waals surface area contributed by atoms with Gasteiger partial charge in [-0.05, 0) is 12.0 Å². The number of hydrogen-bond donors (Lipinski definition) is 2. The molecular formula is C12H12F3N3OS. The largest absolute Gasteiger partial charge is 0.445 e. The van der Waals surface area contributed by atoms with E-state index in [-0.39, 0.29) is 11.7 Å². The van der Waals surface area contributed by atoms with Gasteiger partial charge in [0.15, 0.2) is 0 Å². The summed E-state index contributed by atoms with van der Waals surface area (Å²) < 4.78 is 37.2. The number of aliphatic hydroxyl groups is 1. The van der Waals surface area contributed by atoms with Gasteiger partial charge in [-0.15, -0.1) is 10.2 Å². The van der Waals surface area contributed by atoms with E-state index in [1.54, 1.807) is 0 Å². The molecule has 1 unspecified atom stereocenters. The standard InChI is InChI=1S/C12H12F3N3OS/c13-12(14,15)10-17-18-11(20-10)16-9(7-19)6-8-4-2-1-3-5-8/h1-5,9,19H,6-7H2,(H,16,18). The third-order valence-electron chi connectivity index (χ3n) is 2.54. The zero-order valence-electron chi connectivity index (χ0n) is 10.3. The Kier molecular flexibility index (Phi) is 4.56. The van der Waals surface area contributed by atoms with E-state index < -0.39 is 17.2 Å². The maximum absolute atomic E-state index is 12.4. The van der Waals surface area contributed by atoms with Crippen LogP contribution in [-0.4, -0.2) is 28.0 Å². The Balaban J connectivity index is 2.01. The number of benzene rings is 1. The molecule has 1 aromatic heterocycles. The Morgan fingerprint density at radius 2 is 1.90 bits per heavy atom. The maximum atomic E-state index is 12.4. The molecule has 1 aromatic carbocycles. The van der Waals surface area contributed by atoms with Crippen LogP contribution in [0.4, 0.5) is 18.3 Å². The number of nitrogens with one attached hydrogen (secondary N) is 1. The first-order chi connectivity index (χ1) is 9.49. The van der Waals surface area contributed by atoms with Gasteiger partial charge in [-0.25, -0.2) is 0 Å². The Hall–Kier alpha value is -1.67. The molecule has 2 rings (SSSR count). The van der Waals surface area contributed by atoms with Crippen molar-refractivity contribution < 1.29 is 18.3 Å². The Labute approximate surface area is 117 Å². The highest BCUT2D eigenvalue weighted by Gasteiger charge is 2.35. The van der Waals surface area contributed by atoms with Crippen molar-refractivity contribution >= 4 is 16.5 Å². The molecule has 0 aliphatic rings. The number of nitrogens with zero attached hydrogens (tertiary/aromatic N) is 2. The summed E-state index contributed by atoms with van der Waals surface area (Å²) in [4.78, 5) is 0. The van der Waals surface area contributed by atoms with Gasteiger partial charge in [-0.1, -0.05) is 41.7 Å². The lowest BCUT2D eigenvalue weighted by Gasteiger charge is -2.15. The molecule has 0 aliphatic heterocycles. The summed E-state index contributed by atoms with van der Waals surface area (Å²) in [6.07, 6.45) is -4.01. The van der Waals surface area contributed by atoms with Crippen LogP contribution in [0.25, 0.3) is 0 Å². The van der Waals surface area contributed by atoms with Crippen LogP contribution in [0.2, 0.25) is 0 Å². The minimum absolute atomic E-state index is 0.0484. The molecule has 0 fully saturated rings. The number of aliphatic hydroxyl groups excluding tert-OH is 1. The van der Waals surface area contributed by atoms with Crippen LogP contribution in [0.15, 0.2) is 30.3 Å². The van der Waals surface area contributed by atoms with Crippen LogP contribution in [-0.2, 0) is 12.6 Å². The topological polar surface area (TPSA) is 58.0 Å². The highest BCUT2D eigenvalue weighted by molar-refractivity contribution is 7.15. The number of anilines is 1. The summed E-state index contributed by atoms with van der Waals surface area (Å²) in [7, 11) is 0. The summed E-state index contributed by atoms with van der Waals surface area (Å²) in [5, 5.41) is 17.6. The van der Waals surface area contributed by atoms with Gasteiger partial charge < -0.3 is 10.4 Å². The average Bonchev–Trinajstić information content (AvgIpc) is 2.87. The first-order valence-corrected chi connectivity index (χ1v) is 6.62. The van der Waals surface area contributed by atoms with Gasteiger partial charge in [-0.3, -0.25) is 0 Å². The molecule has 1 heterocycles. The molecule has 8 heteroatoms. The fourth-order valence-corrected chi connectivity index (χ4v) is 2.32. The highest BCUT2D eigenvalue weighted by Crippen LogP contribution is 2.33. The van der Waals surface area contributed by atoms with Gasteiger partial charge in [0.2, 0.25) is 10.1 Å². The van der Waals surface area contributed by atoms with Gasteiger partial charge >= 0.3 is 6.18 Å². The molecule has 20 heavy (non-hydrogen) atoms. The lowest BCUT2D eigenvalue weighted by Crippen LogP contribution is -2.26. The Morgan fingerprint density at radius 1 is 1.20 bits per heavy atom. The highest BCUT2D eigenvalue weighted by atomic mass is 32.1. The van der Waals surface area contributed by atoms with Crippen molar-refractivity contribution in [3.63, 3.8) is 0 Å². The van der Waals surface area contributed by atoms with Crippen LogP contribution in [0.1, 0.15) is 10.6 Å². The molecule has 0 amide bonds. The van der Waals surface area contributed by atoms with Gasteiger partial charge in [0, 0.05) is 0 Å². The zero-order chi connectivity index (χ0) is 14.6. The molecule has 1 atom stereocenters. The molecule has 0 bridgehead atoms. The predicted octanol–water partition coefficient (Wildman–Crippen LogP) is 2.57. The van der Waals surface area contributed by atoms with E-state index in [0.717, 1.165) is 5.56 Å². The minimum Gasteiger partial charge on any atom is -0.394 e. The van der Waals surface area contributed by atoms with Gasteiger partial charge in [0.25, 0.3) is 0 Å². The smallest absolute Gasteiger partial charge is 0.394 e. The van der Waals surface area contributed by atoms with Crippen LogP contribution >= 0.6 is 11.3 Å². The van der Waals surface area contributed by atoms with Crippen molar-refractivity contribution in [3.05, 3.63) is 40.9 Å². The zero-order valence-corrected chi connectivity index (χ0v) is 11.1. The first-order valence-electron chi connectivity index (χ1n) is 5.81. The number of halogens is 3. The Morgan fingerprint density at radius 3 is 2.45 bits per heavy atom. The molecule has 0 aliphatic carbocycles. The minimum atomic E-state index is -4.49. The number of aromatic nitrogens is 2. The SMILES string of the molecule is OCC(Cc1ccccc1)Nc1nnc(C(F)(F)F)s1. The summed E-state index contributed by atoms with van der Waals surface area (Å²) in [6.45, 7) is -0.212. The second-order valence-electron chi connectivity index (χ2n) is 4.12. The van der Waals surface area contributed by atoms with E-state index in [1.165, 1.54) is 0 Å². The van der Waals surface area contributed by atoms with Crippen LogP contribution < -0.4 is 5.32 Å². The lowest BCUT2D eigenvalue weighted by atomic mass is 10.1. The third-order valence-corrected chi connectivity index (χ3v) is 3.44. The molecular weight excluding hydrogens is 291 g/mol. The fourth-order valence-electron chi connectivity index (χ4n) is 1.63. The number of alkyl halides is 3. The Bertz CT molecular complexity index is 544. The fraction of sp³-hybridized carbons (Fsp3) is 0.333. The molecule has 2 aromatic rings. The first kappa shape index (κ1) is 14.7. The summed E-state index contributed by atoms with van der Waals surface area (Å²) in [5.74, 6) is 0. The predicted molar refractivity (Wildman–Crippen MR) is 69.6 cm³/mol. The molecule has 0 spiro atoms. The van der Waals surface area contributed by atoms with Gasteiger partial charge in [0.1, 0.15) is 0 Å². The second kappa shape index (κ2) is 6.19. The van der Waals surface area contributed by atoms with Crippen molar-refractivity contribution in [1.29, 1.82) is 0 Å². The summed E-state index contributed by atoms with van der Waals surface area (Å²) in [5.41, 5.74) is 0.972. The van der Waals surface area contributed by atoms with Gasteiger partial charge in [0.05, 0.1) is 12.6 Å². The second-order valence-corrected chi connectivity index (χ2v) is 5.10. The van der Waals surface area contributed by atoms with Crippen LogP contribution in [0.3, 0.4) is 0 Å². The van der Waals surface area contributed by atoms with Crippen molar-refractivity contribution in [2.45, 2.75) is 18.6 Å². The van der Waals surface area contributed by atoms with Gasteiger partial charge in [-0.2, -0.15) is 13.2 Å². The molecule has 4 nitrogen and oxygen atoms in total. The van der Waals surface area contributed by atoms with Crippen LogP contribution in [0, 0.1) is 0 Å². The van der Waals surface area contributed by atoms with Crippen LogP contribution in [0.5, 0.6) is 0 Å². The van der Waals surface area contributed by atoms with E-state index >= 15 is 0 Å². The van der Waals surface area contributed by atoms with E-state index in [1.807, 2.05) is 30.3 Å². The molecule has 2 N–H and O–H groups in total. The number of rotatable bonds is 5. The molecule has 0 saturated carbocycles. The molecule has 108 valence electrons. The van der Waals surface area contributed by atoms with E-state index in [0.29, 0.717) is 17.8 Å². The lowest BCUT2D eigenvalue weighted by molar-refractivity contribution is -0.138. The summed E-state index contributed by atoms with van der Waals surface area (Å²) in [6, 6.07) is 8.93. The van der Waals surface area contributed by atoms with Crippen molar-refractivity contribution in [3.8, 4) is 0 Å². The quantitative estimate of drug-likeness (QED) is 0.891. The summed E-state index contributed by atoms with van der Waals surface area (Å²) >= 11 is 0.425. The average molecular weight is 303 g/mol. The van der Waals surface area contributed by atoms with Crippen molar-refractivity contribution in [2.24, 2.45) is 0 Å². The monoisotopic (exact) mass is 303 g/mol. The normalized spacial score (nSPS) is 13.2. The molecule has 0 radical (unpaired) electrons. The number of hydrogen-bond acceptors (Lipinski definition) is 5. The van der Waals surface area contributed by atoms with Crippen molar-refractivity contribution in [2.75, 3.05) is 11.9 Å². The van der Waals surface area contributed by atoms with E-state index in [2.05, 4.69) is 15.5 Å². The maximum Gasteiger partial charge on any atom is 0.445 e. The van der Waals surface area contributed by atoms with E-state index in [4.69, 9.17) is 0 Å².